The van der Waals surface area contributed by atoms with Crippen LogP contribution < -0.4 is 0 Å². The fourth-order valence-corrected chi connectivity index (χ4v) is 2.75. The van der Waals surface area contributed by atoms with Crippen LogP contribution in [0.4, 0.5) is 0 Å². The van der Waals surface area contributed by atoms with Gasteiger partial charge in [0.05, 0.1) is 12.2 Å². The highest BCUT2D eigenvalue weighted by Gasteiger charge is 2.21. The topological polar surface area (TPSA) is 60.0 Å². The van der Waals surface area contributed by atoms with Crippen LogP contribution in [0.15, 0.2) is 23.2 Å². The summed E-state index contributed by atoms with van der Waals surface area (Å²) in [7, 11) is 0. The van der Waals surface area contributed by atoms with Crippen molar-refractivity contribution in [1.82, 2.24) is 24.8 Å². The van der Waals surface area contributed by atoms with Crippen LogP contribution in [0.2, 0.25) is 0 Å². The van der Waals surface area contributed by atoms with Crippen LogP contribution in [0.3, 0.4) is 0 Å². The van der Waals surface area contributed by atoms with E-state index >= 15 is 0 Å². The molecule has 0 unspecified atom stereocenters. The lowest BCUT2D eigenvalue weighted by Crippen LogP contribution is -2.36. The molecule has 1 aliphatic rings. The Morgan fingerprint density at radius 3 is 3.16 bits per heavy atom. The van der Waals surface area contributed by atoms with Crippen LogP contribution in [-0.2, 0) is 13.1 Å². The van der Waals surface area contributed by atoms with Crippen LogP contribution in [0.5, 0.6) is 0 Å². The molecule has 1 saturated heterocycles. The Balaban J connectivity index is 1.55. The van der Waals surface area contributed by atoms with E-state index in [1.165, 1.54) is 12.8 Å². The number of aryl methyl sites for hydroxylation is 1. The molecule has 1 fully saturated rings. The van der Waals surface area contributed by atoms with Crippen LogP contribution in [0.1, 0.15) is 24.3 Å². The van der Waals surface area contributed by atoms with E-state index in [-0.39, 0.29) is 0 Å². The number of nitrogens with zero attached hydrogens (tertiary/aromatic N) is 5. The van der Waals surface area contributed by atoms with E-state index in [2.05, 4.69) is 20.1 Å². The van der Waals surface area contributed by atoms with Crippen LogP contribution in [-0.4, -0.2) is 37.9 Å². The van der Waals surface area contributed by atoms with Gasteiger partial charge in [-0.3, -0.25) is 9.58 Å². The second kappa shape index (κ2) is 5.52. The molecule has 102 valence electrons. The highest BCUT2D eigenvalue weighted by molar-refractivity contribution is 5.03. The first kappa shape index (κ1) is 12.3. The van der Waals surface area contributed by atoms with Gasteiger partial charge in [0.2, 0.25) is 0 Å². The van der Waals surface area contributed by atoms with Gasteiger partial charge in [0.25, 0.3) is 0 Å². The van der Waals surface area contributed by atoms with Gasteiger partial charge < -0.3 is 4.52 Å². The van der Waals surface area contributed by atoms with Gasteiger partial charge in [-0.1, -0.05) is 5.16 Å². The van der Waals surface area contributed by atoms with Crippen molar-refractivity contribution >= 4 is 0 Å². The second-order valence-corrected chi connectivity index (χ2v) is 5.30. The van der Waals surface area contributed by atoms with Gasteiger partial charge in [-0.15, -0.1) is 0 Å². The molecule has 0 aromatic carbocycles. The summed E-state index contributed by atoms with van der Waals surface area (Å²) in [6, 6.07) is 2.01. The van der Waals surface area contributed by atoms with Gasteiger partial charge in [0, 0.05) is 19.2 Å². The predicted molar refractivity (Wildman–Crippen MR) is 69.3 cm³/mol. The molecule has 0 radical (unpaired) electrons. The van der Waals surface area contributed by atoms with Crippen molar-refractivity contribution in [2.24, 2.45) is 5.92 Å². The van der Waals surface area contributed by atoms with E-state index in [0.29, 0.717) is 5.92 Å². The van der Waals surface area contributed by atoms with Gasteiger partial charge in [-0.05, 0) is 32.2 Å². The first-order valence-corrected chi connectivity index (χ1v) is 6.76. The zero-order chi connectivity index (χ0) is 13.1. The Morgan fingerprint density at radius 2 is 2.42 bits per heavy atom. The van der Waals surface area contributed by atoms with Crippen molar-refractivity contribution in [2.75, 3.05) is 13.1 Å². The van der Waals surface area contributed by atoms with Gasteiger partial charge in [-0.25, -0.2) is 4.98 Å². The maximum Gasteiger partial charge on any atom is 0.150 e. The third kappa shape index (κ3) is 3.20. The van der Waals surface area contributed by atoms with E-state index in [0.717, 1.165) is 37.6 Å². The molecule has 0 N–H and O–H groups in total. The first-order chi connectivity index (χ1) is 9.29. The van der Waals surface area contributed by atoms with Crippen molar-refractivity contribution < 1.29 is 4.52 Å². The molecule has 2 aromatic rings. The van der Waals surface area contributed by atoms with Gasteiger partial charge in [-0.2, -0.15) is 5.10 Å². The summed E-state index contributed by atoms with van der Waals surface area (Å²) >= 11 is 0. The van der Waals surface area contributed by atoms with Crippen molar-refractivity contribution in [3.05, 3.63) is 30.2 Å². The molecule has 3 heterocycles. The highest BCUT2D eigenvalue weighted by atomic mass is 16.5. The third-order valence-electron chi connectivity index (χ3n) is 3.57. The molecule has 0 amide bonds. The van der Waals surface area contributed by atoms with Crippen molar-refractivity contribution in [3.8, 4) is 0 Å². The average Bonchev–Trinajstić information content (AvgIpc) is 3.02. The summed E-state index contributed by atoms with van der Waals surface area (Å²) in [5, 5.41) is 8.12. The zero-order valence-electron chi connectivity index (χ0n) is 11.2. The lowest BCUT2D eigenvalue weighted by Gasteiger charge is -2.31. The number of rotatable bonds is 4. The minimum atomic E-state index is 0.638. The first-order valence-electron chi connectivity index (χ1n) is 6.76. The van der Waals surface area contributed by atoms with E-state index in [1.54, 1.807) is 12.7 Å². The van der Waals surface area contributed by atoms with E-state index in [9.17, 15) is 0 Å². The zero-order valence-corrected chi connectivity index (χ0v) is 11.2. The lowest BCUT2D eigenvalue weighted by atomic mass is 9.98. The van der Waals surface area contributed by atoms with Crippen LogP contribution in [0.25, 0.3) is 0 Å². The summed E-state index contributed by atoms with van der Waals surface area (Å²) in [5.74, 6) is 1.60. The Labute approximate surface area is 112 Å². The fourth-order valence-electron chi connectivity index (χ4n) is 2.75. The monoisotopic (exact) mass is 261 g/mol. The molecular weight excluding hydrogens is 242 g/mol. The predicted octanol–water partition coefficient (Wildman–Crippen LogP) is 1.49. The number of aromatic nitrogens is 4. The molecule has 2 aromatic heterocycles. The van der Waals surface area contributed by atoms with E-state index in [4.69, 9.17) is 4.52 Å². The molecule has 0 aliphatic carbocycles. The Kier molecular flexibility index (Phi) is 3.59. The van der Waals surface area contributed by atoms with Gasteiger partial charge in [0.1, 0.15) is 12.7 Å². The smallest absolute Gasteiger partial charge is 0.150 e. The molecule has 19 heavy (non-hydrogen) atoms. The van der Waals surface area contributed by atoms with Gasteiger partial charge in [0.15, 0.2) is 5.76 Å². The Hall–Kier alpha value is -1.69. The molecule has 3 rings (SSSR count). The minimum Gasteiger partial charge on any atom is -0.360 e. The highest BCUT2D eigenvalue weighted by Crippen LogP contribution is 2.20. The third-order valence-corrected chi connectivity index (χ3v) is 3.57. The van der Waals surface area contributed by atoms with Crippen molar-refractivity contribution in [3.63, 3.8) is 0 Å². The largest absolute Gasteiger partial charge is 0.360 e. The van der Waals surface area contributed by atoms with Crippen LogP contribution >= 0.6 is 0 Å². The maximum atomic E-state index is 5.29. The average molecular weight is 261 g/mol. The number of hydrogen-bond acceptors (Lipinski definition) is 5. The summed E-state index contributed by atoms with van der Waals surface area (Å²) in [4.78, 5) is 6.43. The standard InChI is InChI=1S/C13H19N5O/c1-11-5-13(19-16-11)8-17-4-2-3-12(6-17)7-18-10-14-9-15-18/h5,9-10,12H,2-4,6-8H2,1H3/t12-/m0/s1. The van der Waals surface area contributed by atoms with E-state index < -0.39 is 0 Å². The maximum absolute atomic E-state index is 5.29. The van der Waals surface area contributed by atoms with Crippen molar-refractivity contribution in [2.45, 2.75) is 32.9 Å². The molecule has 6 heteroatoms. The molecule has 0 spiro atoms. The number of hydrogen-bond donors (Lipinski definition) is 0. The SMILES string of the molecule is Cc1cc(CN2CCC[C@H](Cn3cncn3)C2)on1. The Morgan fingerprint density at radius 1 is 1.47 bits per heavy atom. The number of piperidine rings is 1. The molecule has 0 saturated carbocycles. The summed E-state index contributed by atoms with van der Waals surface area (Å²) < 4.78 is 7.21. The molecule has 1 atom stereocenters. The van der Waals surface area contributed by atoms with Crippen LogP contribution in [0, 0.1) is 12.8 Å². The minimum absolute atomic E-state index is 0.638. The van der Waals surface area contributed by atoms with Gasteiger partial charge >= 0.3 is 0 Å². The lowest BCUT2D eigenvalue weighted by molar-refractivity contribution is 0.140. The molecular formula is C13H19N5O. The van der Waals surface area contributed by atoms with E-state index in [1.807, 2.05) is 17.7 Å². The second-order valence-electron chi connectivity index (χ2n) is 5.30. The summed E-state index contributed by atoms with van der Waals surface area (Å²) in [5.41, 5.74) is 0.950. The molecule has 6 nitrogen and oxygen atoms in total. The number of likely N-dealkylation sites (tertiary alicyclic amines) is 1. The van der Waals surface area contributed by atoms with Crippen molar-refractivity contribution in [1.29, 1.82) is 0 Å². The quantitative estimate of drug-likeness (QED) is 0.834. The summed E-state index contributed by atoms with van der Waals surface area (Å²) in [6.45, 7) is 5.98. The summed E-state index contributed by atoms with van der Waals surface area (Å²) in [6.07, 6.45) is 5.87. The fraction of sp³-hybridized carbons (Fsp3) is 0.615. The molecule has 0 bridgehead atoms. The Bertz CT molecular complexity index is 507. The normalized spacial score (nSPS) is 20.8. The molecule has 1 aliphatic heterocycles.